The first kappa shape index (κ1) is 22.8. The Morgan fingerprint density at radius 3 is 2.03 bits per heavy atom. The molecule has 0 spiro atoms. The predicted octanol–water partition coefficient (Wildman–Crippen LogP) is 4.89. The zero-order valence-electron chi connectivity index (χ0n) is 16.9. The van der Waals surface area contributed by atoms with Gasteiger partial charge in [0.15, 0.2) is 0 Å². The molecule has 162 valence electrons. The van der Waals surface area contributed by atoms with Gasteiger partial charge >= 0.3 is 11.9 Å². The third kappa shape index (κ3) is 5.27. The summed E-state index contributed by atoms with van der Waals surface area (Å²) in [5.41, 5.74) is 2.01. The van der Waals surface area contributed by atoms with Crippen molar-refractivity contribution in [2.45, 2.75) is 12.3 Å². The fraction of sp³-hybridized carbons (Fsp3) is 0.217. The molecule has 1 aliphatic heterocycles. The Morgan fingerprint density at radius 1 is 0.935 bits per heavy atom. The summed E-state index contributed by atoms with van der Waals surface area (Å²) in [5, 5.41) is 0.653. The summed E-state index contributed by atoms with van der Waals surface area (Å²) < 4.78 is 23.1. The summed E-state index contributed by atoms with van der Waals surface area (Å²) in [6, 6.07) is 11.1. The number of carbonyl (C=O) groups excluding carboxylic acids is 2. The molecule has 2 aromatic carbocycles. The second-order valence-corrected chi connectivity index (χ2v) is 7.69. The number of esters is 2. The molecule has 1 heterocycles. The first-order valence-electron chi connectivity index (χ1n) is 9.39. The molecular formula is C23H20Cl2FNO4. The molecule has 0 amide bonds. The van der Waals surface area contributed by atoms with Gasteiger partial charge in [0.25, 0.3) is 0 Å². The number of rotatable bonds is 6. The fourth-order valence-electron chi connectivity index (χ4n) is 3.38. The topological polar surface area (TPSA) is 55.8 Å². The summed E-state index contributed by atoms with van der Waals surface area (Å²) in [6.07, 6.45) is 3.83. The molecule has 3 rings (SSSR count). The lowest BCUT2D eigenvalue weighted by Crippen LogP contribution is -2.29. The summed E-state index contributed by atoms with van der Waals surface area (Å²) in [5.74, 6) is -2.22. The Labute approximate surface area is 189 Å². The standard InChI is InChI=1S/C23H20Cl2FNO4/c1-30-22(28)17-12-27(10-9-14-3-6-16(26)7-4-14)13-18(23(29)31-2)21(17)15-5-8-19(24)20(25)11-15/h3-8,11-13,21H,9-10H2,1-2H3. The molecule has 0 aromatic heterocycles. The first-order valence-corrected chi connectivity index (χ1v) is 10.1. The van der Waals surface area contributed by atoms with Gasteiger partial charge in [-0.2, -0.15) is 0 Å². The van der Waals surface area contributed by atoms with Crippen molar-refractivity contribution in [1.82, 2.24) is 4.90 Å². The van der Waals surface area contributed by atoms with E-state index in [9.17, 15) is 14.0 Å². The predicted molar refractivity (Wildman–Crippen MR) is 116 cm³/mol. The molecule has 1 aliphatic rings. The summed E-state index contributed by atoms with van der Waals surface area (Å²) in [7, 11) is 2.54. The van der Waals surface area contributed by atoms with Crippen molar-refractivity contribution in [3.63, 3.8) is 0 Å². The molecule has 0 bridgehead atoms. The van der Waals surface area contributed by atoms with Crippen LogP contribution in [-0.4, -0.2) is 37.6 Å². The van der Waals surface area contributed by atoms with Crippen LogP contribution in [0.4, 0.5) is 4.39 Å². The van der Waals surface area contributed by atoms with Gasteiger partial charge in [0.2, 0.25) is 0 Å². The van der Waals surface area contributed by atoms with Gasteiger partial charge in [0.05, 0.1) is 41.3 Å². The van der Waals surface area contributed by atoms with Gasteiger partial charge in [0, 0.05) is 18.9 Å². The van der Waals surface area contributed by atoms with Crippen molar-refractivity contribution in [2.75, 3.05) is 20.8 Å². The van der Waals surface area contributed by atoms with Crippen LogP contribution in [-0.2, 0) is 25.5 Å². The highest BCUT2D eigenvalue weighted by atomic mass is 35.5. The second kappa shape index (κ2) is 9.98. The molecule has 31 heavy (non-hydrogen) atoms. The number of hydrogen-bond donors (Lipinski definition) is 0. The third-order valence-electron chi connectivity index (χ3n) is 4.92. The van der Waals surface area contributed by atoms with Crippen LogP contribution in [0.5, 0.6) is 0 Å². The molecule has 0 unspecified atom stereocenters. The number of hydrogen-bond acceptors (Lipinski definition) is 5. The average molecular weight is 464 g/mol. The smallest absolute Gasteiger partial charge is 0.336 e. The van der Waals surface area contributed by atoms with E-state index < -0.39 is 17.9 Å². The molecule has 0 saturated heterocycles. The Kier molecular flexibility index (Phi) is 7.36. The molecule has 2 aromatic rings. The van der Waals surface area contributed by atoms with E-state index in [0.717, 1.165) is 5.56 Å². The van der Waals surface area contributed by atoms with Crippen LogP contribution in [0.3, 0.4) is 0 Å². The van der Waals surface area contributed by atoms with Gasteiger partial charge in [0.1, 0.15) is 5.82 Å². The number of methoxy groups -OCH3 is 2. The second-order valence-electron chi connectivity index (χ2n) is 6.87. The number of nitrogens with zero attached hydrogens (tertiary/aromatic N) is 1. The molecular weight excluding hydrogens is 444 g/mol. The lowest BCUT2D eigenvalue weighted by molar-refractivity contribution is -0.137. The van der Waals surface area contributed by atoms with Crippen LogP contribution in [0.1, 0.15) is 17.0 Å². The van der Waals surface area contributed by atoms with Crippen molar-refractivity contribution in [1.29, 1.82) is 0 Å². The largest absolute Gasteiger partial charge is 0.466 e. The van der Waals surface area contributed by atoms with Crippen molar-refractivity contribution >= 4 is 35.1 Å². The van der Waals surface area contributed by atoms with Crippen molar-refractivity contribution in [3.05, 3.63) is 93.0 Å². The normalized spacial score (nSPS) is 14.0. The molecule has 0 saturated carbocycles. The van der Waals surface area contributed by atoms with Crippen molar-refractivity contribution in [3.8, 4) is 0 Å². The number of ether oxygens (including phenoxy) is 2. The minimum atomic E-state index is -0.739. The van der Waals surface area contributed by atoms with E-state index in [2.05, 4.69) is 0 Å². The van der Waals surface area contributed by atoms with Crippen LogP contribution in [0.25, 0.3) is 0 Å². The van der Waals surface area contributed by atoms with E-state index >= 15 is 0 Å². The maximum absolute atomic E-state index is 13.1. The Bertz CT molecular complexity index is 1020. The lowest BCUT2D eigenvalue weighted by atomic mass is 9.83. The van der Waals surface area contributed by atoms with Crippen LogP contribution < -0.4 is 0 Å². The van der Waals surface area contributed by atoms with Gasteiger partial charge in [-0.05, 0) is 41.8 Å². The monoisotopic (exact) mass is 463 g/mol. The van der Waals surface area contributed by atoms with Gasteiger partial charge in [-0.25, -0.2) is 14.0 Å². The fourth-order valence-corrected chi connectivity index (χ4v) is 3.68. The van der Waals surface area contributed by atoms with E-state index in [1.165, 1.54) is 26.4 Å². The van der Waals surface area contributed by atoms with Gasteiger partial charge < -0.3 is 14.4 Å². The number of halogens is 3. The molecule has 5 nitrogen and oxygen atoms in total. The summed E-state index contributed by atoms with van der Waals surface area (Å²) in [4.78, 5) is 27.0. The van der Waals surface area contributed by atoms with Crippen molar-refractivity contribution in [2.24, 2.45) is 0 Å². The number of benzene rings is 2. The van der Waals surface area contributed by atoms with Crippen molar-refractivity contribution < 1.29 is 23.5 Å². The van der Waals surface area contributed by atoms with E-state index in [1.807, 2.05) is 0 Å². The maximum atomic E-state index is 13.1. The number of carbonyl (C=O) groups is 2. The molecule has 8 heteroatoms. The highest BCUT2D eigenvalue weighted by Gasteiger charge is 2.35. The highest BCUT2D eigenvalue weighted by Crippen LogP contribution is 2.39. The Balaban J connectivity index is 1.99. The SMILES string of the molecule is COC(=O)C1=CN(CCc2ccc(F)cc2)C=C(C(=O)OC)C1c1ccc(Cl)c(Cl)c1. The minimum Gasteiger partial charge on any atom is -0.466 e. The van der Waals surface area contributed by atoms with Gasteiger partial charge in [-0.1, -0.05) is 41.4 Å². The Hall–Kier alpha value is -2.83. The van der Waals surface area contributed by atoms with E-state index in [-0.39, 0.29) is 17.0 Å². The zero-order chi connectivity index (χ0) is 22.5. The third-order valence-corrected chi connectivity index (χ3v) is 5.66. The van der Waals surface area contributed by atoms with Gasteiger partial charge in [-0.15, -0.1) is 0 Å². The van der Waals surface area contributed by atoms with E-state index in [1.54, 1.807) is 47.6 Å². The van der Waals surface area contributed by atoms with Gasteiger partial charge in [-0.3, -0.25) is 0 Å². The molecule has 0 radical (unpaired) electrons. The van der Waals surface area contributed by atoms with Crippen LogP contribution in [0.15, 0.2) is 66.0 Å². The highest BCUT2D eigenvalue weighted by molar-refractivity contribution is 6.42. The summed E-state index contributed by atoms with van der Waals surface area (Å²) >= 11 is 12.2. The minimum absolute atomic E-state index is 0.253. The van der Waals surface area contributed by atoms with Crippen LogP contribution in [0, 0.1) is 5.82 Å². The van der Waals surface area contributed by atoms with E-state index in [0.29, 0.717) is 28.6 Å². The lowest BCUT2D eigenvalue weighted by Gasteiger charge is -2.30. The van der Waals surface area contributed by atoms with Crippen LogP contribution >= 0.6 is 23.2 Å². The first-order chi connectivity index (χ1) is 14.8. The molecule has 0 atom stereocenters. The van der Waals surface area contributed by atoms with Crippen LogP contribution in [0.2, 0.25) is 10.0 Å². The average Bonchev–Trinajstić information content (AvgIpc) is 2.78. The maximum Gasteiger partial charge on any atom is 0.336 e. The molecule has 0 aliphatic carbocycles. The molecule has 0 fully saturated rings. The summed E-state index contributed by atoms with van der Waals surface area (Å²) in [6.45, 7) is 0.445. The molecule has 0 N–H and O–H groups in total. The zero-order valence-corrected chi connectivity index (χ0v) is 18.4. The Morgan fingerprint density at radius 2 is 1.52 bits per heavy atom. The quantitative estimate of drug-likeness (QED) is 0.570. The van der Waals surface area contributed by atoms with E-state index in [4.69, 9.17) is 32.7 Å².